The molecule has 3 rings (SSSR count). The highest BCUT2D eigenvalue weighted by Gasteiger charge is 2.31. The Morgan fingerprint density at radius 2 is 2.04 bits per heavy atom. The molecule has 1 aliphatic rings. The number of hydrogen-bond acceptors (Lipinski definition) is 4. The predicted octanol–water partition coefficient (Wildman–Crippen LogP) is 4.67. The Kier molecular flexibility index (Phi) is 5.24. The summed E-state index contributed by atoms with van der Waals surface area (Å²) in [6.45, 7) is 10.4. The number of rotatable bonds is 6. The SMILES string of the molecule is CCc1onc(C)c1[C@H]1CCCN1Cc1ccc(OC(C)C)cc1. The third kappa shape index (κ3) is 3.64. The molecule has 4 heteroatoms. The van der Waals surface area contributed by atoms with Crippen LogP contribution in [0.4, 0.5) is 0 Å². The van der Waals surface area contributed by atoms with Gasteiger partial charge in [0.15, 0.2) is 0 Å². The summed E-state index contributed by atoms with van der Waals surface area (Å²) >= 11 is 0. The van der Waals surface area contributed by atoms with Crippen LogP contribution in [0.1, 0.15) is 62.2 Å². The maximum atomic E-state index is 5.73. The number of aryl methyl sites for hydroxylation is 2. The fourth-order valence-corrected chi connectivity index (χ4v) is 3.63. The van der Waals surface area contributed by atoms with Crippen molar-refractivity contribution in [3.05, 3.63) is 46.8 Å². The van der Waals surface area contributed by atoms with Crippen LogP contribution in [-0.4, -0.2) is 22.7 Å². The average molecular weight is 328 g/mol. The zero-order valence-corrected chi connectivity index (χ0v) is 15.2. The number of benzene rings is 1. The molecule has 0 bridgehead atoms. The highest BCUT2D eigenvalue weighted by Crippen LogP contribution is 2.37. The van der Waals surface area contributed by atoms with Crippen molar-refractivity contribution < 1.29 is 9.26 Å². The van der Waals surface area contributed by atoms with Gasteiger partial charge in [-0.05, 0) is 57.9 Å². The van der Waals surface area contributed by atoms with Gasteiger partial charge in [0, 0.05) is 24.6 Å². The molecule has 0 aliphatic carbocycles. The number of nitrogens with zero attached hydrogens (tertiary/aromatic N) is 2. The van der Waals surface area contributed by atoms with Crippen LogP contribution >= 0.6 is 0 Å². The van der Waals surface area contributed by atoms with Crippen LogP contribution in [0.3, 0.4) is 0 Å². The minimum Gasteiger partial charge on any atom is -0.491 e. The van der Waals surface area contributed by atoms with Crippen LogP contribution in [0, 0.1) is 6.92 Å². The molecule has 1 aliphatic heterocycles. The molecule has 130 valence electrons. The van der Waals surface area contributed by atoms with E-state index in [0.29, 0.717) is 6.04 Å². The largest absolute Gasteiger partial charge is 0.491 e. The van der Waals surface area contributed by atoms with Crippen molar-refractivity contribution in [1.29, 1.82) is 0 Å². The molecule has 24 heavy (non-hydrogen) atoms. The smallest absolute Gasteiger partial charge is 0.141 e. The van der Waals surface area contributed by atoms with Crippen molar-refractivity contribution in [1.82, 2.24) is 10.1 Å². The molecule has 1 fully saturated rings. The molecule has 0 saturated carbocycles. The number of ether oxygens (including phenoxy) is 1. The molecule has 1 aromatic heterocycles. The number of aromatic nitrogens is 1. The van der Waals surface area contributed by atoms with Gasteiger partial charge in [-0.3, -0.25) is 4.90 Å². The molecular weight excluding hydrogens is 300 g/mol. The summed E-state index contributed by atoms with van der Waals surface area (Å²) in [5, 5.41) is 4.19. The summed E-state index contributed by atoms with van der Waals surface area (Å²) in [5.41, 5.74) is 3.68. The van der Waals surface area contributed by atoms with E-state index in [2.05, 4.69) is 62.0 Å². The fourth-order valence-electron chi connectivity index (χ4n) is 3.63. The van der Waals surface area contributed by atoms with E-state index in [9.17, 15) is 0 Å². The third-order valence-electron chi connectivity index (χ3n) is 4.68. The Morgan fingerprint density at radius 1 is 1.29 bits per heavy atom. The van der Waals surface area contributed by atoms with Crippen molar-refractivity contribution in [3.63, 3.8) is 0 Å². The van der Waals surface area contributed by atoms with Crippen LogP contribution in [-0.2, 0) is 13.0 Å². The highest BCUT2D eigenvalue weighted by molar-refractivity contribution is 5.29. The number of hydrogen-bond donors (Lipinski definition) is 0. The first kappa shape index (κ1) is 17.0. The van der Waals surface area contributed by atoms with Crippen LogP contribution < -0.4 is 4.74 Å². The zero-order valence-electron chi connectivity index (χ0n) is 15.2. The molecule has 0 spiro atoms. The van der Waals surface area contributed by atoms with Gasteiger partial charge in [0.05, 0.1) is 11.8 Å². The first-order chi connectivity index (χ1) is 11.6. The average Bonchev–Trinajstić information content (AvgIpc) is 3.14. The van der Waals surface area contributed by atoms with E-state index in [1.807, 2.05) is 0 Å². The lowest BCUT2D eigenvalue weighted by molar-refractivity contribution is 0.239. The van der Waals surface area contributed by atoms with E-state index in [1.54, 1.807) is 0 Å². The van der Waals surface area contributed by atoms with Crippen LogP contribution in [0.25, 0.3) is 0 Å². The van der Waals surface area contributed by atoms with E-state index in [1.165, 1.54) is 24.0 Å². The molecule has 0 unspecified atom stereocenters. The second-order valence-corrected chi connectivity index (χ2v) is 6.90. The van der Waals surface area contributed by atoms with E-state index in [0.717, 1.165) is 36.7 Å². The lowest BCUT2D eigenvalue weighted by Gasteiger charge is -2.25. The Labute approximate surface area is 144 Å². The Hall–Kier alpha value is -1.81. The van der Waals surface area contributed by atoms with Crippen molar-refractivity contribution in [2.75, 3.05) is 6.54 Å². The first-order valence-electron chi connectivity index (χ1n) is 9.03. The van der Waals surface area contributed by atoms with Gasteiger partial charge >= 0.3 is 0 Å². The van der Waals surface area contributed by atoms with Crippen molar-refractivity contribution in [2.24, 2.45) is 0 Å². The van der Waals surface area contributed by atoms with E-state index in [-0.39, 0.29) is 6.10 Å². The van der Waals surface area contributed by atoms with Gasteiger partial charge < -0.3 is 9.26 Å². The molecule has 1 saturated heterocycles. The summed E-state index contributed by atoms with van der Waals surface area (Å²) in [5.74, 6) is 1.99. The molecule has 0 N–H and O–H groups in total. The van der Waals surface area contributed by atoms with Gasteiger partial charge in [-0.1, -0.05) is 24.2 Å². The second-order valence-electron chi connectivity index (χ2n) is 6.90. The molecule has 1 atom stereocenters. The third-order valence-corrected chi connectivity index (χ3v) is 4.68. The Balaban J connectivity index is 1.73. The Bertz CT molecular complexity index is 661. The van der Waals surface area contributed by atoms with Crippen LogP contribution in [0.15, 0.2) is 28.8 Å². The summed E-state index contributed by atoms with van der Waals surface area (Å²) in [7, 11) is 0. The summed E-state index contributed by atoms with van der Waals surface area (Å²) in [6.07, 6.45) is 3.53. The highest BCUT2D eigenvalue weighted by atomic mass is 16.5. The lowest BCUT2D eigenvalue weighted by Crippen LogP contribution is -2.23. The summed E-state index contributed by atoms with van der Waals surface area (Å²) < 4.78 is 11.2. The van der Waals surface area contributed by atoms with Gasteiger partial charge in [-0.2, -0.15) is 0 Å². The molecule has 1 aromatic carbocycles. The van der Waals surface area contributed by atoms with E-state index >= 15 is 0 Å². The molecule has 4 nitrogen and oxygen atoms in total. The lowest BCUT2D eigenvalue weighted by atomic mass is 10.0. The van der Waals surface area contributed by atoms with Gasteiger partial charge in [0.1, 0.15) is 11.5 Å². The first-order valence-corrected chi connectivity index (χ1v) is 9.03. The molecule has 0 amide bonds. The van der Waals surface area contributed by atoms with Crippen molar-refractivity contribution in [2.45, 2.75) is 65.6 Å². The zero-order chi connectivity index (χ0) is 17.1. The summed E-state index contributed by atoms with van der Waals surface area (Å²) in [6, 6.07) is 8.92. The maximum Gasteiger partial charge on any atom is 0.141 e. The topological polar surface area (TPSA) is 38.5 Å². The molecular formula is C20H28N2O2. The van der Waals surface area contributed by atoms with Crippen molar-refractivity contribution >= 4 is 0 Å². The fraction of sp³-hybridized carbons (Fsp3) is 0.550. The minimum absolute atomic E-state index is 0.211. The summed E-state index contributed by atoms with van der Waals surface area (Å²) in [4.78, 5) is 2.55. The van der Waals surface area contributed by atoms with E-state index in [4.69, 9.17) is 9.26 Å². The minimum atomic E-state index is 0.211. The van der Waals surface area contributed by atoms with Crippen molar-refractivity contribution in [3.8, 4) is 5.75 Å². The normalized spacial score (nSPS) is 18.5. The predicted molar refractivity (Wildman–Crippen MR) is 95.2 cm³/mol. The molecule has 2 aromatic rings. The molecule has 2 heterocycles. The standard InChI is InChI=1S/C20H28N2O2/c1-5-19-20(15(4)21-24-19)18-7-6-12-22(18)13-16-8-10-17(11-9-16)23-14(2)3/h8-11,14,18H,5-7,12-13H2,1-4H3/t18-/m1/s1. The number of likely N-dealkylation sites (tertiary alicyclic amines) is 1. The van der Waals surface area contributed by atoms with Gasteiger partial charge in [-0.15, -0.1) is 0 Å². The van der Waals surface area contributed by atoms with Gasteiger partial charge in [0.25, 0.3) is 0 Å². The quantitative estimate of drug-likeness (QED) is 0.772. The maximum absolute atomic E-state index is 5.73. The van der Waals surface area contributed by atoms with Crippen LogP contribution in [0.2, 0.25) is 0 Å². The second kappa shape index (κ2) is 7.39. The van der Waals surface area contributed by atoms with Gasteiger partial charge in [0.2, 0.25) is 0 Å². The monoisotopic (exact) mass is 328 g/mol. The Morgan fingerprint density at radius 3 is 2.71 bits per heavy atom. The molecule has 0 radical (unpaired) electrons. The van der Waals surface area contributed by atoms with Crippen LogP contribution in [0.5, 0.6) is 5.75 Å². The van der Waals surface area contributed by atoms with E-state index < -0.39 is 0 Å². The van der Waals surface area contributed by atoms with Gasteiger partial charge in [-0.25, -0.2) is 0 Å².